The Morgan fingerprint density at radius 3 is 2.73 bits per heavy atom. The van der Waals surface area contributed by atoms with E-state index in [0.717, 1.165) is 31.2 Å². The number of fused-ring (bicyclic) bond motifs is 1. The number of carbonyl (C=O) groups excluding carboxylic acids is 1. The lowest BCUT2D eigenvalue weighted by atomic mass is 10.1. The molecule has 7 heteroatoms. The summed E-state index contributed by atoms with van der Waals surface area (Å²) in [6.07, 6.45) is 5.74. The van der Waals surface area contributed by atoms with Gasteiger partial charge < -0.3 is 5.32 Å². The molecule has 2 aromatic heterocycles. The first-order valence-corrected chi connectivity index (χ1v) is 8.89. The van der Waals surface area contributed by atoms with E-state index in [4.69, 9.17) is 0 Å². The molecule has 0 bridgehead atoms. The van der Waals surface area contributed by atoms with Crippen molar-refractivity contribution in [3.63, 3.8) is 0 Å². The van der Waals surface area contributed by atoms with Crippen molar-refractivity contribution in [2.24, 2.45) is 5.92 Å². The fraction of sp³-hybridized carbons (Fsp3) is 0.368. The molecule has 26 heavy (non-hydrogen) atoms. The predicted octanol–water partition coefficient (Wildman–Crippen LogP) is 3.30. The summed E-state index contributed by atoms with van der Waals surface area (Å²) in [5, 5.41) is 7.42. The van der Waals surface area contributed by atoms with E-state index in [-0.39, 0.29) is 23.7 Å². The van der Waals surface area contributed by atoms with Crippen molar-refractivity contribution in [3.05, 3.63) is 48.3 Å². The summed E-state index contributed by atoms with van der Waals surface area (Å²) in [6, 6.07) is 7.69. The number of hydrogen-bond acceptors (Lipinski definition) is 4. The number of aromatic nitrogens is 4. The van der Waals surface area contributed by atoms with E-state index in [1.54, 1.807) is 29.0 Å². The molecule has 0 saturated heterocycles. The molecule has 3 aromatic rings. The van der Waals surface area contributed by atoms with Crippen LogP contribution >= 0.6 is 0 Å². The Bertz CT molecular complexity index is 931. The molecule has 2 heterocycles. The molecule has 6 nitrogen and oxygen atoms in total. The molecule has 1 aliphatic rings. The Balaban J connectivity index is 1.55. The minimum atomic E-state index is -0.286. The van der Waals surface area contributed by atoms with Gasteiger partial charge in [-0.25, -0.2) is 18.9 Å². The normalized spacial score (nSPS) is 16.1. The lowest BCUT2D eigenvalue weighted by Gasteiger charge is -2.14. The second kappa shape index (κ2) is 6.82. The molecule has 0 radical (unpaired) electrons. The zero-order valence-corrected chi connectivity index (χ0v) is 14.5. The van der Waals surface area contributed by atoms with Gasteiger partial charge in [-0.2, -0.15) is 0 Å². The second-order valence-electron chi connectivity index (χ2n) is 6.77. The van der Waals surface area contributed by atoms with E-state index in [9.17, 15) is 9.18 Å². The zero-order chi connectivity index (χ0) is 18.1. The van der Waals surface area contributed by atoms with Crippen molar-refractivity contribution in [2.75, 3.05) is 0 Å². The summed E-state index contributed by atoms with van der Waals surface area (Å²) in [4.78, 5) is 21.2. The predicted molar refractivity (Wildman–Crippen MR) is 94.7 cm³/mol. The number of nitrogens with one attached hydrogen (secondary N) is 1. The van der Waals surface area contributed by atoms with Crippen molar-refractivity contribution in [2.45, 2.75) is 38.6 Å². The second-order valence-corrected chi connectivity index (χ2v) is 6.77. The van der Waals surface area contributed by atoms with Gasteiger partial charge in [0, 0.05) is 17.5 Å². The highest BCUT2D eigenvalue weighted by atomic mass is 19.1. The minimum Gasteiger partial charge on any atom is -0.346 e. The SMILES string of the molecule is C[C@H](NC(=O)C1CCCC1)c1nc2cc(-c3ccc(F)cc3)ncn2n1. The Morgan fingerprint density at radius 1 is 1.27 bits per heavy atom. The lowest BCUT2D eigenvalue weighted by molar-refractivity contribution is -0.125. The smallest absolute Gasteiger partial charge is 0.223 e. The van der Waals surface area contributed by atoms with Crippen LogP contribution in [-0.2, 0) is 4.79 Å². The molecule has 1 atom stereocenters. The van der Waals surface area contributed by atoms with Gasteiger partial charge in [0.25, 0.3) is 0 Å². The topological polar surface area (TPSA) is 72.2 Å². The molecule has 1 amide bonds. The fourth-order valence-corrected chi connectivity index (χ4v) is 3.36. The van der Waals surface area contributed by atoms with Gasteiger partial charge in [-0.3, -0.25) is 4.79 Å². The van der Waals surface area contributed by atoms with Gasteiger partial charge in [-0.1, -0.05) is 12.8 Å². The molecular weight excluding hydrogens is 333 g/mol. The van der Waals surface area contributed by atoms with Gasteiger partial charge in [0.15, 0.2) is 11.5 Å². The maximum atomic E-state index is 13.1. The number of rotatable bonds is 4. The number of carbonyl (C=O) groups is 1. The van der Waals surface area contributed by atoms with Gasteiger partial charge in [-0.05, 0) is 44.0 Å². The Labute approximate surface area is 150 Å². The molecular formula is C19H20FN5O. The van der Waals surface area contributed by atoms with E-state index in [0.29, 0.717) is 17.2 Å². The molecule has 1 aliphatic carbocycles. The standard InChI is InChI=1S/C19H20FN5O/c1-12(22-19(26)14-4-2-3-5-14)18-23-17-10-16(21-11-25(17)24-18)13-6-8-15(20)9-7-13/h6-12,14H,2-5H2,1H3,(H,22,26)/t12-/m0/s1. The number of amides is 1. The summed E-state index contributed by atoms with van der Waals surface area (Å²) >= 11 is 0. The van der Waals surface area contributed by atoms with Crippen LogP contribution < -0.4 is 5.32 Å². The molecule has 1 N–H and O–H groups in total. The number of hydrogen-bond donors (Lipinski definition) is 1. The molecule has 134 valence electrons. The highest BCUT2D eigenvalue weighted by molar-refractivity contribution is 5.79. The van der Waals surface area contributed by atoms with E-state index in [2.05, 4.69) is 20.4 Å². The van der Waals surface area contributed by atoms with E-state index >= 15 is 0 Å². The molecule has 1 fully saturated rings. The highest BCUT2D eigenvalue weighted by Crippen LogP contribution is 2.25. The minimum absolute atomic E-state index is 0.0824. The van der Waals surface area contributed by atoms with Crippen LogP contribution in [-0.4, -0.2) is 25.5 Å². The zero-order valence-electron chi connectivity index (χ0n) is 14.5. The number of halogens is 1. The van der Waals surface area contributed by atoms with Crippen LogP contribution in [0.2, 0.25) is 0 Å². The third-order valence-corrected chi connectivity index (χ3v) is 4.86. The highest BCUT2D eigenvalue weighted by Gasteiger charge is 2.25. The maximum absolute atomic E-state index is 13.1. The van der Waals surface area contributed by atoms with Crippen LogP contribution in [0.15, 0.2) is 36.7 Å². The number of nitrogens with zero attached hydrogens (tertiary/aromatic N) is 4. The van der Waals surface area contributed by atoms with Crippen molar-refractivity contribution >= 4 is 11.6 Å². The van der Waals surface area contributed by atoms with Crippen LogP contribution in [0.5, 0.6) is 0 Å². The van der Waals surface area contributed by atoms with Crippen LogP contribution in [0.4, 0.5) is 4.39 Å². The van der Waals surface area contributed by atoms with Gasteiger partial charge in [0.1, 0.15) is 12.1 Å². The molecule has 1 saturated carbocycles. The van der Waals surface area contributed by atoms with Crippen molar-refractivity contribution in [3.8, 4) is 11.3 Å². The number of benzene rings is 1. The maximum Gasteiger partial charge on any atom is 0.223 e. The van der Waals surface area contributed by atoms with E-state index in [1.807, 2.05) is 6.92 Å². The molecule has 0 spiro atoms. The Hall–Kier alpha value is -2.83. The molecule has 4 rings (SSSR count). The first kappa shape index (κ1) is 16.6. The molecule has 0 unspecified atom stereocenters. The Morgan fingerprint density at radius 2 is 2.00 bits per heavy atom. The third kappa shape index (κ3) is 3.29. The average molecular weight is 353 g/mol. The van der Waals surface area contributed by atoms with E-state index < -0.39 is 0 Å². The summed E-state index contributed by atoms with van der Waals surface area (Å²) < 4.78 is 14.7. The summed E-state index contributed by atoms with van der Waals surface area (Å²) in [6.45, 7) is 1.88. The quantitative estimate of drug-likeness (QED) is 0.781. The molecule has 1 aromatic carbocycles. The first-order valence-electron chi connectivity index (χ1n) is 8.89. The van der Waals surface area contributed by atoms with Crippen LogP contribution in [0.25, 0.3) is 16.9 Å². The van der Waals surface area contributed by atoms with Crippen molar-refractivity contribution in [1.29, 1.82) is 0 Å². The third-order valence-electron chi connectivity index (χ3n) is 4.86. The molecule has 0 aliphatic heterocycles. The van der Waals surface area contributed by atoms with Gasteiger partial charge in [-0.15, -0.1) is 5.10 Å². The van der Waals surface area contributed by atoms with Gasteiger partial charge in [0.2, 0.25) is 5.91 Å². The van der Waals surface area contributed by atoms with Crippen molar-refractivity contribution < 1.29 is 9.18 Å². The monoisotopic (exact) mass is 353 g/mol. The van der Waals surface area contributed by atoms with Gasteiger partial charge in [0.05, 0.1) is 11.7 Å². The summed E-state index contributed by atoms with van der Waals surface area (Å²) in [7, 11) is 0. The lowest BCUT2D eigenvalue weighted by Crippen LogP contribution is -2.32. The fourth-order valence-electron chi connectivity index (χ4n) is 3.36. The van der Waals surface area contributed by atoms with E-state index in [1.165, 1.54) is 12.1 Å². The van der Waals surface area contributed by atoms with Crippen LogP contribution in [0.3, 0.4) is 0 Å². The first-order chi connectivity index (χ1) is 12.6. The summed E-state index contributed by atoms with van der Waals surface area (Å²) in [5.41, 5.74) is 2.14. The van der Waals surface area contributed by atoms with Gasteiger partial charge >= 0.3 is 0 Å². The van der Waals surface area contributed by atoms with Crippen LogP contribution in [0, 0.1) is 11.7 Å². The average Bonchev–Trinajstić information content (AvgIpc) is 3.31. The van der Waals surface area contributed by atoms with Crippen LogP contribution in [0.1, 0.15) is 44.5 Å². The Kier molecular flexibility index (Phi) is 4.36. The largest absolute Gasteiger partial charge is 0.346 e. The summed E-state index contributed by atoms with van der Waals surface area (Å²) in [5.74, 6) is 0.459. The van der Waals surface area contributed by atoms with Crippen molar-refractivity contribution in [1.82, 2.24) is 24.9 Å².